The smallest absolute Gasteiger partial charge is 0.418 e. The van der Waals surface area contributed by atoms with Gasteiger partial charge in [0.2, 0.25) is 5.69 Å². The van der Waals surface area contributed by atoms with E-state index >= 15 is 0 Å². The topological polar surface area (TPSA) is 117 Å². The quantitative estimate of drug-likeness (QED) is 0.528. The molecule has 170 valence electrons. The number of para-hydroxylation sites is 1. The molecular formula is C21H14ClF3N4O4. The minimum atomic E-state index is -4.70. The molecule has 0 bridgehead atoms. The molecule has 1 amide bonds. The van der Waals surface area contributed by atoms with Crippen molar-refractivity contribution in [2.45, 2.75) is 19.2 Å². The van der Waals surface area contributed by atoms with Gasteiger partial charge in [-0.1, -0.05) is 23.7 Å². The van der Waals surface area contributed by atoms with E-state index in [0.717, 1.165) is 18.3 Å². The molecule has 2 aromatic carbocycles. The zero-order valence-electron chi connectivity index (χ0n) is 16.7. The largest absolute Gasteiger partial charge is 0.504 e. The van der Waals surface area contributed by atoms with Gasteiger partial charge in [-0.05, 0) is 37.3 Å². The molecule has 0 radical (unpaired) electrons. The zero-order chi connectivity index (χ0) is 24.3. The summed E-state index contributed by atoms with van der Waals surface area (Å²) in [5.41, 5.74) is -1.93. The molecule has 0 aliphatic heterocycles. The van der Waals surface area contributed by atoms with Gasteiger partial charge in [0.05, 0.1) is 28.7 Å². The number of aromatic nitrogens is 2. The SMILES string of the molecule is CC(OC(=O)c1nn(-c2ccccc2C(F)(F)F)cc1O)C(=O)Nc1cc(Cl)ccc1C#N. The van der Waals surface area contributed by atoms with Crippen molar-refractivity contribution in [3.8, 4) is 17.5 Å². The summed E-state index contributed by atoms with van der Waals surface area (Å²) in [6.45, 7) is 1.22. The molecule has 1 heterocycles. The standard InChI is InChI=1S/C21H14ClF3N4O4/c1-11(19(31)27-15-8-13(22)7-6-12(15)9-26)33-20(32)18-17(30)10-29(28-18)16-5-3-2-4-14(16)21(23,24)25/h2-8,10-11,30H,1H3,(H,27,31). The number of aromatic hydroxyl groups is 1. The number of carbonyl (C=O) groups is 2. The fourth-order valence-electron chi connectivity index (χ4n) is 2.77. The van der Waals surface area contributed by atoms with Gasteiger partial charge in [-0.2, -0.15) is 23.5 Å². The highest BCUT2D eigenvalue weighted by atomic mass is 35.5. The average Bonchev–Trinajstić information content (AvgIpc) is 3.15. The number of anilines is 1. The lowest BCUT2D eigenvalue weighted by Crippen LogP contribution is -2.30. The van der Waals surface area contributed by atoms with Crippen molar-refractivity contribution in [3.63, 3.8) is 0 Å². The summed E-state index contributed by atoms with van der Waals surface area (Å²) in [7, 11) is 0. The second-order valence-corrected chi connectivity index (χ2v) is 7.10. The minimum Gasteiger partial charge on any atom is -0.504 e. The first-order valence-corrected chi connectivity index (χ1v) is 9.55. The van der Waals surface area contributed by atoms with Crippen molar-refractivity contribution < 1.29 is 32.6 Å². The lowest BCUT2D eigenvalue weighted by Gasteiger charge is -2.14. The Balaban J connectivity index is 1.78. The molecule has 3 aromatic rings. The molecule has 1 aromatic heterocycles. The van der Waals surface area contributed by atoms with Crippen molar-refractivity contribution in [2.75, 3.05) is 5.32 Å². The van der Waals surface area contributed by atoms with Crippen LogP contribution in [0.5, 0.6) is 5.75 Å². The number of hydrogen-bond donors (Lipinski definition) is 2. The number of amides is 1. The maximum atomic E-state index is 13.3. The van der Waals surface area contributed by atoms with E-state index in [2.05, 4.69) is 10.4 Å². The van der Waals surface area contributed by atoms with Gasteiger partial charge < -0.3 is 15.2 Å². The van der Waals surface area contributed by atoms with Gasteiger partial charge in [0, 0.05) is 5.02 Å². The molecule has 12 heteroatoms. The van der Waals surface area contributed by atoms with E-state index in [-0.39, 0.29) is 16.3 Å². The van der Waals surface area contributed by atoms with Gasteiger partial charge in [0.15, 0.2) is 11.9 Å². The van der Waals surface area contributed by atoms with Gasteiger partial charge in [-0.15, -0.1) is 0 Å². The van der Waals surface area contributed by atoms with Gasteiger partial charge in [-0.25, -0.2) is 9.48 Å². The van der Waals surface area contributed by atoms with Crippen LogP contribution in [0.4, 0.5) is 18.9 Å². The minimum absolute atomic E-state index is 0.0915. The highest BCUT2D eigenvalue weighted by molar-refractivity contribution is 6.31. The predicted molar refractivity (Wildman–Crippen MR) is 110 cm³/mol. The maximum absolute atomic E-state index is 13.3. The van der Waals surface area contributed by atoms with Crippen LogP contribution < -0.4 is 5.32 Å². The highest BCUT2D eigenvalue weighted by Gasteiger charge is 2.34. The van der Waals surface area contributed by atoms with Crippen LogP contribution in [0.3, 0.4) is 0 Å². The Morgan fingerprint density at radius 3 is 2.64 bits per heavy atom. The molecule has 1 unspecified atom stereocenters. The van der Waals surface area contributed by atoms with Crippen molar-refractivity contribution in [1.29, 1.82) is 5.26 Å². The number of nitrogens with zero attached hydrogens (tertiary/aromatic N) is 3. The van der Waals surface area contributed by atoms with E-state index in [1.54, 1.807) is 0 Å². The Labute approximate surface area is 189 Å². The van der Waals surface area contributed by atoms with Gasteiger partial charge >= 0.3 is 12.1 Å². The van der Waals surface area contributed by atoms with E-state index < -0.39 is 46.9 Å². The number of hydrogen-bond acceptors (Lipinski definition) is 6. The molecule has 0 saturated carbocycles. The summed E-state index contributed by atoms with van der Waals surface area (Å²) in [6.07, 6.45) is -5.29. The molecule has 0 spiro atoms. The Bertz CT molecular complexity index is 1270. The molecule has 0 aliphatic rings. The van der Waals surface area contributed by atoms with Crippen LogP contribution >= 0.6 is 11.6 Å². The van der Waals surface area contributed by atoms with E-state index in [1.165, 1.54) is 37.3 Å². The number of esters is 1. The van der Waals surface area contributed by atoms with Crippen molar-refractivity contribution in [1.82, 2.24) is 9.78 Å². The van der Waals surface area contributed by atoms with Crippen LogP contribution in [0.25, 0.3) is 5.69 Å². The molecule has 0 aliphatic carbocycles. The molecular weight excluding hydrogens is 465 g/mol. The van der Waals surface area contributed by atoms with Crippen LogP contribution in [0.15, 0.2) is 48.7 Å². The molecule has 1 atom stereocenters. The number of rotatable bonds is 5. The zero-order valence-corrected chi connectivity index (χ0v) is 17.5. The Morgan fingerprint density at radius 2 is 1.97 bits per heavy atom. The fraction of sp³-hybridized carbons (Fsp3) is 0.143. The fourth-order valence-corrected chi connectivity index (χ4v) is 2.94. The van der Waals surface area contributed by atoms with Crippen molar-refractivity contribution >= 4 is 29.2 Å². The van der Waals surface area contributed by atoms with Crippen LogP contribution in [-0.2, 0) is 15.7 Å². The maximum Gasteiger partial charge on any atom is 0.418 e. The number of nitrogens with one attached hydrogen (secondary N) is 1. The third-order valence-electron chi connectivity index (χ3n) is 4.36. The number of nitriles is 1. The lowest BCUT2D eigenvalue weighted by atomic mass is 10.2. The van der Waals surface area contributed by atoms with Gasteiger partial charge in [0.25, 0.3) is 5.91 Å². The summed E-state index contributed by atoms with van der Waals surface area (Å²) in [5, 5.41) is 25.5. The van der Waals surface area contributed by atoms with Crippen LogP contribution in [0.2, 0.25) is 5.02 Å². The number of ether oxygens (including phenoxy) is 1. The number of carbonyl (C=O) groups excluding carboxylic acids is 2. The normalized spacial score (nSPS) is 12.0. The molecule has 33 heavy (non-hydrogen) atoms. The molecule has 2 N–H and O–H groups in total. The predicted octanol–water partition coefficient (Wildman–Crippen LogP) is 4.31. The third kappa shape index (κ3) is 5.24. The van der Waals surface area contributed by atoms with Crippen LogP contribution in [0.1, 0.15) is 28.5 Å². The summed E-state index contributed by atoms with van der Waals surface area (Å²) >= 11 is 5.86. The monoisotopic (exact) mass is 478 g/mol. The van der Waals surface area contributed by atoms with Gasteiger partial charge in [0.1, 0.15) is 6.07 Å². The Kier molecular flexibility index (Phi) is 6.60. The first-order chi connectivity index (χ1) is 15.5. The van der Waals surface area contributed by atoms with E-state index in [9.17, 15) is 27.9 Å². The molecule has 8 nitrogen and oxygen atoms in total. The molecule has 3 rings (SSSR count). The number of halogens is 4. The van der Waals surface area contributed by atoms with E-state index in [0.29, 0.717) is 4.68 Å². The number of alkyl halides is 3. The summed E-state index contributed by atoms with van der Waals surface area (Å²) < 4.78 is 45.4. The highest BCUT2D eigenvalue weighted by Crippen LogP contribution is 2.34. The summed E-state index contributed by atoms with van der Waals surface area (Å²) in [4.78, 5) is 24.8. The van der Waals surface area contributed by atoms with Crippen molar-refractivity contribution in [3.05, 3.63) is 70.5 Å². The van der Waals surface area contributed by atoms with E-state index in [1.807, 2.05) is 6.07 Å². The first-order valence-electron chi connectivity index (χ1n) is 9.18. The molecule has 0 fully saturated rings. The third-order valence-corrected chi connectivity index (χ3v) is 4.59. The van der Waals surface area contributed by atoms with E-state index in [4.69, 9.17) is 21.6 Å². The van der Waals surface area contributed by atoms with Crippen LogP contribution in [0, 0.1) is 11.3 Å². The first kappa shape index (κ1) is 23.6. The van der Waals surface area contributed by atoms with Gasteiger partial charge in [-0.3, -0.25) is 4.79 Å². The van der Waals surface area contributed by atoms with Crippen LogP contribution in [-0.4, -0.2) is 32.9 Å². The number of benzene rings is 2. The Morgan fingerprint density at radius 1 is 1.27 bits per heavy atom. The summed E-state index contributed by atoms with van der Waals surface area (Å²) in [5.74, 6) is -2.81. The second-order valence-electron chi connectivity index (χ2n) is 6.66. The average molecular weight is 479 g/mol. The molecule has 0 saturated heterocycles. The lowest BCUT2D eigenvalue weighted by molar-refractivity contribution is -0.137. The summed E-state index contributed by atoms with van der Waals surface area (Å²) in [6, 6.07) is 10.5. The Hall–Kier alpha value is -4.04. The second kappa shape index (κ2) is 9.22. The van der Waals surface area contributed by atoms with Crippen molar-refractivity contribution in [2.24, 2.45) is 0 Å².